The first-order chi connectivity index (χ1) is 9.07. The van der Waals surface area contributed by atoms with E-state index in [2.05, 4.69) is 10.6 Å². The summed E-state index contributed by atoms with van der Waals surface area (Å²) >= 11 is 0. The van der Waals surface area contributed by atoms with E-state index in [0.717, 1.165) is 13.1 Å². The van der Waals surface area contributed by atoms with Crippen LogP contribution in [-0.4, -0.2) is 31.7 Å². The van der Waals surface area contributed by atoms with Crippen LogP contribution in [0.2, 0.25) is 0 Å². The summed E-state index contributed by atoms with van der Waals surface area (Å²) in [6, 6.07) is 4.31. The van der Waals surface area contributed by atoms with E-state index in [9.17, 15) is 9.18 Å². The maximum Gasteiger partial charge on any atom is 0.256 e. The molecule has 4 nitrogen and oxygen atoms in total. The molecule has 104 valence electrons. The standard InChI is InChI=1S/C14H19FN2O2/c1-10-9-11(15)3-4-12(10)17-13(18)14(19-2)5-7-16-8-6-14/h3-4,9,16H,5-8H2,1-2H3,(H,17,18). The van der Waals surface area contributed by atoms with Crippen LogP contribution in [0.1, 0.15) is 18.4 Å². The number of rotatable bonds is 3. The van der Waals surface area contributed by atoms with Gasteiger partial charge in [-0.3, -0.25) is 4.79 Å². The van der Waals surface area contributed by atoms with Gasteiger partial charge >= 0.3 is 0 Å². The van der Waals surface area contributed by atoms with Gasteiger partial charge in [-0.15, -0.1) is 0 Å². The van der Waals surface area contributed by atoms with Crippen molar-refractivity contribution in [1.82, 2.24) is 5.32 Å². The average molecular weight is 266 g/mol. The van der Waals surface area contributed by atoms with Crippen LogP contribution in [0.5, 0.6) is 0 Å². The van der Waals surface area contributed by atoms with E-state index in [1.54, 1.807) is 20.1 Å². The summed E-state index contributed by atoms with van der Waals surface area (Å²) in [6.07, 6.45) is 1.27. The summed E-state index contributed by atoms with van der Waals surface area (Å²) < 4.78 is 18.5. The van der Waals surface area contributed by atoms with E-state index in [1.807, 2.05) is 0 Å². The fourth-order valence-corrected chi connectivity index (χ4v) is 2.36. The second-order valence-corrected chi connectivity index (χ2v) is 4.86. The van der Waals surface area contributed by atoms with Crippen LogP contribution < -0.4 is 10.6 Å². The normalized spacial score (nSPS) is 18.1. The molecule has 0 radical (unpaired) electrons. The number of benzene rings is 1. The Balaban J connectivity index is 2.15. The Morgan fingerprint density at radius 2 is 2.11 bits per heavy atom. The molecule has 5 heteroatoms. The van der Waals surface area contributed by atoms with Crippen molar-refractivity contribution in [3.8, 4) is 0 Å². The highest BCUT2D eigenvalue weighted by molar-refractivity contribution is 5.98. The van der Waals surface area contributed by atoms with Crippen molar-refractivity contribution in [3.63, 3.8) is 0 Å². The van der Waals surface area contributed by atoms with Gasteiger partial charge in [-0.25, -0.2) is 4.39 Å². The Bertz CT molecular complexity index is 471. The molecule has 1 aromatic carbocycles. The molecule has 1 heterocycles. The topological polar surface area (TPSA) is 50.4 Å². The van der Waals surface area contributed by atoms with Crippen LogP contribution in [0.25, 0.3) is 0 Å². The zero-order valence-corrected chi connectivity index (χ0v) is 11.3. The molecule has 0 aromatic heterocycles. The smallest absolute Gasteiger partial charge is 0.256 e. The Hall–Kier alpha value is -1.46. The van der Waals surface area contributed by atoms with Gasteiger partial charge in [-0.1, -0.05) is 0 Å². The van der Waals surface area contributed by atoms with Gasteiger partial charge in [0.1, 0.15) is 11.4 Å². The largest absolute Gasteiger partial charge is 0.368 e. The summed E-state index contributed by atoms with van der Waals surface area (Å²) in [5.74, 6) is -0.468. The summed E-state index contributed by atoms with van der Waals surface area (Å²) in [7, 11) is 1.56. The SMILES string of the molecule is COC1(C(=O)Nc2ccc(F)cc2C)CCNCC1. The summed E-state index contributed by atoms with van der Waals surface area (Å²) in [6.45, 7) is 3.27. The molecule has 19 heavy (non-hydrogen) atoms. The highest BCUT2D eigenvalue weighted by atomic mass is 19.1. The van der Waals surface area contributed by atoms with Gasteiger partial charge in [0, 0.05) is 12.8 Å². The van der Waals surface area contributed by atoms with Gasteiger partial charge in [0.15, 0.2) is 0 Å². The molecule has 0 spiro atoms. The number of ether oxygens (including phenoxy) is 1. The first-order valence-electron chi connectivity index (χ1n) is 6.41. The van der Waals surface area contributed by atoms with Crippen molar-refractivity contribution in [1.29, 1.82) is 0 Å². The summed E-state index contributed by atoms with van der Waals surface area (Å²) in [5, 5.41) is 6.04. The molecule has 0 bridgehead atoms. The molecule has 1 aromatic rings. The van der Waals surface area contributed by atoms with Crippen molar-refractivity contribution in [2.24, 2.45) is 0 Å². The molecule has 1 saturated heterocycles. The monoisotopic (exact) mass is 266 g/mol. The van der Waals surface area contributed by atoms with Gasteiger partial charge < -0.3 is 15.4 Å². The Kier molecular flexibility index (Phi) is 4.17. The molecule has 0 aliphatic carbocycles. The molecular formula is C14H19FN2O2. The van der Waals surface area contributed by atoms with Crippen LogP contribution in [0.4, 0.5) is 10.1 Å². The predicted octanol–water partition coefficient (Wildman–Crippen LogP) is 1.84. The van der Waals surface area contributed by atoms with Crippen molar-refractivity contribution in [2.75, 3.05) is 25.5 Å². The minimum Gasteiger partial charge on any atom is -0.368 e. The maximum absolute atomic E-state index is 13.0. The second kappa shape index (κ2) is 5.67. The predicted molar refractivity (Wildman–Crippen MR) is 71.6 cm³/mol. The van der Waals surface area contributed by atoms with Gasteiger partial charge in [0.05, 0.1) is 0 Å². The third kappa shape index (κ3) is 2.93. The molecule has 1 aliphatic rings. The molecule has 0 unspecified atom stereocenters. The van der Waals surface area contributed by atoms with Crippen molar-refractivity contribution >= 4 is 11.6 Å². The molecule has 2 N–H and O–H groups in total. The quantitative estimate of drug-likeness (QED) is 0.877. The maximum atomic E-state index is 13.0. The van der Waals surface area contributed by atoms with Crippen LogP contribution in [-0.2, 0) is 9.53 Å². The fourth-order valence-electron chi connectivity index (χ4n) is 2.36. The Morgan fingerprint density at radius 1 is 1.42 bits per heavy atom. The number of hydrogen-bond acceptors (Lipinski definition) is 3. The lowest BCUT2D eigenvalue weighted by atomic mass is 9.91. The molecule has 0 atom stereocenters. The average Bonchev–Trinajstić information content (AvgIpc) is 2.42. The first kappa shape index (κ1) is 14.0. The summed E-state index contributed by atoms with van der Waals surface area (Å²) in [4.78, 5) is 12.4. The van der Waals surface area contributed by atoms with Crippen LogP contribution in [0.15, 0.2) is 18.2 Å². The molecule has 1 fully saturated rings. The van der Waals surface area contributed by atoms with Crippen LogP contribution >= 0.6 is 0 Å². The second-order valence-electron chi connectivity index (χ2n) is 4.86. The lowest BCUT2D eigenvalue weighted by molar-refractivity contribution is -0.140. The number of methoxy groups -OCH3 is 1. The van der Waals surface area contributed by atoms with Gasteiger partial charge in [-0.05, 0) is 56.6 Å². The van der Waals surface area contributed by atoms with Crippen LogP contribution in [0, 0.1) is 12.7 Å². The third-order valence-corrected chi connectivity index (χ3v) is 3.65. The molecule has 0 saturated carbocycles. The molecule has 1 amide bonds. The fraction of sp³-hybridized carbons (Fsp3) is 0.500. The third-order valence-electron chi connectivity index (χ3n) is 3.65. The van der Waals surface area contributed by atoms with Gasteiger partial charge in [0.25, 0.3) is 5.91 Å². The van der Waals surface area contributed by atoms with E-state index in [0.29, 0.717) is 24.1 Å². The minimum absolute atomic E-state index is 0.161. The van der Waals surface area contributed by atoms with Gasteiger partial charge in [-0.2, -0.15) is 0 Å². The number of anilines is 1. The lowest BCUT2D eigenvalue weighted by Gasteiger charge is -2.34. The number of halogens is 1. The van der Waals surface area contributed by atoms with E-state index < -0.39 is 5.60 Å². The van der Waals surface area contributed by atoms with E-state index in [-0.39, 0.29) is 11.7 Å². The van der Waals surface area contributed by atoms with Crippen molar-refractivity contribution in [2.45, 2.75) is 25.4 Å². The number of hydrogen-bond donors (Lipinski definition) is 2. The van der Waals surface area contributed by atoms with Gasteiger partial charge in [0.2, 0.25) is 0 Å². The zero-order valence-electron chi connectivity index (χ0n) is 11.3. The number of carbonyl (C=O) groups excluding carboxylic acids is 1. The zero-order chi connectivity index (χ0) is 13.9. The van der Waals surface area contributed by atoms with Crippen molar-refractivity contribution < 1.29 is 13.9 Å². The lowest BCUT2D eigenvalue weighted by Crippen LogP contribution is -2.51. The minimum atomic E-state index is -0.786. The van der Waals surface area contributed by atoms with E-state index in [1.165, 1.54) is 12.1 Å². The first-order valence-corrected chi connectivity index (χ1v) is 6.41. The number of carbonyl (C=O) groups is 1. The Labute approximate surface area is 112 Å². The highest BCUT2D eigenvalue weighted by Gasteiger charge is 2.39. The molecule has 1 aliphatic heterocycles. The van der Waals surface area contributed by atoms with Crippen molar-refractivity contribution in [3.05, 3.63) is 29.6 Å². The molecular weight excluding hydrogens is 247 g/mol. The number of nitrogens with one attached hydrogen (secondary N) is 2. The highest BCUT2D eigenvalue weighted by Crippen LogP contribution is 2.25. The summed E-state index contributed by atoms with van der Waals surface area (Å²) in [5.41, 5.74) is 0.543. The van der Waals surface area contributed by atoms with E-state index in [4.69, 9.17) is 4.74 Å². The molecule has 2 rings (SSSR count). The van der Waals surface area contributed by atoms with E-state index >= 15 is 0 Å². The Morgan fingerprint density at radius 3 is 2.68 bits per heavy atom. The van der Waals surface area contributed by atoms with Crippen LogP contribution in [0.3, 0.4) is 0 Å². The number of amides is 1. The number of aryl methyl sites for hydroxylation is 1. The number of piperidine rings is 1.